The summed E-state index contributed by atoms with van der Waals surface area (Å²) >= 11 is 0. The van der Waals surface area contributed by atoms with Crippen LogP contribution >= 0.6 is 0 Å². The Balaban J connectivity index is 1.55. The van der Waals surface area contributed by atoms with Gasteiger partial charge in [0, 0.05) is 32.9 Å². The first kappa shape index (κ1) is 15.4. The molecule has 9 heteroatoms. The molecule has 2 aromatic rings. The third kappa shape index (κ3) is 3.66. The maximum atomic E-state index is 4.95. The number of nitrogens with one attached hydrogen (secondary N) is 2. The number of guanidine groups is 1. The Morgan fingerprint density at radius 3 is 2.96 bits per heavy atom. The van der Waals surface area contributed by atoms with Crippen molar-refractivity contribution in [2.75, 3.05) is 7.05 Å². The molecular weight excluding hydrogens is 296 g/mol. The Morgan fingerprint density at radius 1 is 1.39 bits per heavy atom. The van der Waals surface area contributed by atoms with Crippen LogP contribution in [-0.4, -0.2) is 44.0 Å². The minimum Gasteiger partial charge on any atom is -0.352 e. The molecule has 0 saturated heterocycles. The van der Waals surface area contributed by atoms with Crippen LogP contribution in [0.1, 0.15) is 36.7 Å². The highest BCUT2D eigenvalue weighted by molar-refractivity contribution is 5.79. The third-order valence-corrected chi connectivity index (χ3v) is 3.77. The molecule has 0 aromatic carbocycles. The second-order valence-corrected chi connectivity index (χ2v) is 5.52. The lowest BCUT2D eigenvalue weighted by molar-refractivity contribution is 0.385. The van der Waals surface area contributed by atoms with Crippen LogP contribution in [0.3, 0.4) is 0 Å². The van der Waals surface area contributed by atoms with Crippen molar-refractivity contribution >= 4 is 5.96 Å². The molecule has 0 bridgehead atoms. The molecule has 1 aliphatic heterocycles. The fraction of sp³-hybridized carbons (Fsp3) is 0.643. The molecule has 0 spiro atoms. The zero-order chi connectivity index (χ0) is 16.2. The summed E-state index contributed by atoms with van der Waals surface area (Å²) in [6.45, 7) is 5.11. The molecule has 3 heterocycles. The van der Waals surface area contributed by atoms with E-state index in [1.54, 1.807) is 14.0 Å². The molecule has 0 radical (unpaired) electrons. The van der Waals surface area contributed by atoms with Gasteiger partial charge in [0.25, 0.3) is 0 Å². The standard InChI is InChI=1S/C14H22N8O/c1-4-11-19-13-6-5-10(8-22(13)20-11)18-14(15-3)16-7-12-17-9(2)23-21-12/h10H,4-8H2,1-3H3,(H2,15,16,18). The minimum atomic E-state index is 0.270. The molecule has 1 unspecified atom stereocenters. The van der Waals surface area contributed by atoms with Crippen LogP contribution < -0.4 is 10.6 Å². The van der Waals surface area contributed by atoms with Crippen LogP contribution in [0.25, 0.3) is 0 Å². The van der Waals surface area contributed by atoms with E-state index in [-0.39, 0.29) is 6.04 Å². The predicted molar refractivity (Wildman–Crippen MR) is 83.9 cm³/mol. The van der Waals surface area contributed by atoms with E-state index < -0.39 is 0 Å². The van der Waals surface area contributed by atoms with Gasteiger partial charge in [0.2, 0.25) is 5.89 Å². The van der Waals surface area contributed by atoms with Gasteiger partial charge >= 0.3 is 0 Å². The second-order valence-electron chi connectivity index (χ2n) is 5.52. The van der Waals surface area contributed by atoms with Gasteiger partial charge in [-0.1, -0.05) is 12.1 Å². The van der Waals surface area contributed by atoms with Crippen molar-refractivity contribution in [3.05, 3.63) is 23.4 Å². The van der Waals surface area contributed by atoms with Gasteiger partial charge in [-0.3, -0.25) is 4.99 Å². The molecular formula is C14H22N8O. The Hall–Kier alpha value is -2.45. The molecule has 0 fully saturated rings. The number of aromatic nitrogens is 5. The van der Waals surface area contributed by atoms with E-state index in [0.717, 1.165) is 43.4 Å². The summed E-state index contributed by atoms with van der Waals surface area (Å²) in [6.07, 6.45) is 2.79. The summed E-state index contributed by atoms with van der Waals surface area (Å²) in [5, 5.41) is 15.0. The van der Waals surface area contributed by atoms with Crippen LogP contribution in [0.5, 0.6) is 0 Å². The van der Waals surface area contributed by atoms with Gasteiger partial charge in [0.15, 0.2) is 17.6 Å². The smallest absolute Gasteiger partial charge is 0.223 e. The minimum absolute atomic E-state index is 0.270. The normalized spacial score (nSPS) is 17.9. The first-order valence-corrected chi connectivity index (χ1v) is 7.87. The van der Waals surface area contributed by atoms with Crippen molar-refractivity contribution in [1.29, 1.82) is 0 Å². The number of aliphatic imine (C=N–C) groups is 1. The number of rotatable bonds is 4. The quantitative estimate of drug-likeness (QED) is 0.613. The average Bonchev–Trinajstić information content (AvgIpc) is 3.16. The highest BCUT2D eigenvalue weighted by atomic mass is 16.5. The van der Waals surface area contributed by atoms with Gasteiger partial charge < -0.3 is 15.2 Å². The van der Waals surface area contributed by atoms with Crippen molar-refractivity contribution < 1.29 is 4.52 Å². The molecule has 2 aromatic heterocycles. The van der Waals surface area contributed by atoms with Crippen molar-refractivity contribution in [1.82, 2.24) is 35.5 Å². The van der Waals surface area contributed by atoms with Crippen LogP contribution in [0.4, 0.5) is 0 Å². The number of nitrogens with zero attached hydrogens (tertiary/aromatic N) is 6. The monoisotopic (exact) mass is 318 g/mol. The van der Waals surface area contributed by atoms with Crippen LogP contribution in [0.15, 0.2) is 9.52 Å². The number of fused-ring (bicyclic) bond motifs is 1. The SMILES string of the molecule is CCc1nc2n(n1)CC(NC(=NC)NCc1noc(C)n1)CC2. The van der Waals surface area contributed by atoms with Gasteiger partial charge in [-0.15, -0.1) is 0 Å². The first-order chi connectivity index (χ1) is 11.2. The van der Waals surface area contributed by atoms with E-state index in [9.17, 15) is 0 Å². The Bertz CT molecular complexity index is 689. The van der Waals surface area contributed by atoms with Gasteiger partial charge in [0.1, 0.15) is 5.82 Å². The summed E-state index contributed by atoms with van der Waals surface area (Å²) in [7, 11) is 1.75. The Morgan fingerprint density at radius 2 is 2.26 bits per heavy atom. The summed E-state index contributed by atoms with van der Waals surface area (Å²) in [5.74, 6) is 3.88. The van der Waals surface area contributed by atoms with Crippen LogP contribution in [0.2, 0.25) is 0 Å². The van der Waals surface area contributed by atoms with E-state index in [2.05, 4.69) is 42.8 Å². The lowest BCUT2D eigenvalue weighted by atomic mass is 10.1. The van der Waals surface area contributed by atoms with Gasteiger partial charge in [0.05, 0.1) is 13.1 Å². The molecule has 9 nitrogen and oxygen atoms in total. The first-order valence-electron chi connectivity index (χ1n) is 7.87. The lowest BCUT2D eigenvalue weighted by Crippen LogP contribution is -2.46. The molecule has 1 aliphatic rings. The van der Waals surface area contributed by atoms with Crippen molar-refractivity contribution in [2.24, 2.45) is 4.99 Å². The van der Waals surface area contributed by atoms with E-state index in [0.29, 0.717) is 18.3 Å². The number of hydrogen-bond acceptors (Lipinski definition) is 6. The van der Waals surface area contributed by atoms with Crippen LogP contribution in [-0.2, 0) is 25.9 Å². The molecule has 0 saturated carbocycles. The Labute approximate surface area is 134 Å². The van der Waals surface area contributed by atoms with Gasteiger partial charge in [-0.05, 0) is 6.42 Å². The zero-order valence-corrected chi connectivity index (χ0v) is 13.7. The Kier molecular flexibility index (Phi) is 4.54. The maximum Gasteiger partial charge on any atom is 0.223 e. The van der Waals surface area contributed by atoms with Gasteiger partial charge in [-0.2, -0.15) is 10.1 Å². The number of hydrogen-bond donors (Lipinski definition) is 2. The second kappa shape index (κ2) is 6.76. The average molecular weight is 318 g/mol. The van der Waals surface area contributed by atoms with Gasteiger partial charge in [-0.25, -0.2) is 9.67 Å². The van der Waals surface area contributed by atoms with E-state index in [4.69, 9.17) is 4.52 Å². The predicted octanol–water partition coefficient (Wildman–Crippen LogP) is 0.212. The summed E-state index contributed by atoms with van der Waals surface area (Å²) in [5.41, 5.74) is 0. The summed E-state index contributed by atoms with van der Waals surface area (Å²) < 4.78 is 6.95. The fourth-order valence-electron chi connectivity index (χ4n) is 2.59. The van der Waals surface area contributed by atoms with E-state index in [1.165, 1.54) is 0 Å². The van der Waals surface area contributed by atoms with Crippen molar-refractivity contribution in [2.45, 2.75) is 52.2 Å². The van der Waals surface area contributed by atoms with Crippen LogP contribution in [0, 0.1) is 6.92 Å². The molecule has 3 rings (SSSR count). The largest absolute Gasteiger partial charge is 0.352 e. The molecule has 0 aliphatic carbocycles. The van der Waals surface area contributed by atoms with E-state index in [1.807, 2.05) is 4.68 Å². The van der Waals surface area contributed by atoms with E-state index >= 15 is 0 Å². The summed E-state index contributed by atoms with van der Waals surface area (Å²) in [6, 6.07) is 0.270. The lowest BCUT2D eigenvalue weighted by Gasteiger charge is -2.25. The number of aryl methyl sites for hydroxylation is 3. The third-order valence-electron chi connectivity index (χ3n) is 3.77. The molecule has 124 valence electrons. The summed E-state index contributed by atoms with van der Waals surface area (Å²) in [4.78, 5) is 12.9. The molecule has 23 heavy (non-hydrogen) atoms. The molecule has 1 atom stereocenters. The highest BCUT2D eigenvalue weighted by Gasteiger charge is 2.22. The maximum absolute atomic E-state index is 4.95. The molecule has 0 amide bonds. The highest BCUT2D eigenvalue weighted by Crippen LogP contribution is 2.13. The fourth-order valence-corrected chi connectivity index (χ4v) is 2.59. The van der Waals surface area contributed by atoms with Crippen molar-refractivity contribution in [3.8, 4) is 0 Å². The van der Waals surface area contributed by atoms with Crippen molar-refractivity contribution in [3.63, 3.8) is 0 Å². The topological polar surface area (TPSA) is 106 Å². The zero-order valence-electron chi connectivity index (χ0n) is 13.7. The molecule has 2 N–H and O–H groups in total.